The average Bonchev–Trinajstić information content (AvgIpc) is 2.00. The Morgan fingerprint density at radius 3 is 2.21 bits per heavy atom. The van der Waals surface area contributed by atoms with Crippen molar-refractivity contribution in [3.63, 3.8) is 0 Å². The number of carbonyl (C=O) groups excluding carboxylic acids is 2. The fourth-order valence-electron chi connectivity index (χ4n) is 0.592. The highest BCUT2D eigenvalue weighted by molar-refractivity contribution is 6.68. The quantitative estimate of drug-likeness (QED) is 0.479. The van der Waals surface area contributed by atoms with Crippen LogP contribution in [0.5, 0.6) is 0 Å². The first-order valence-corrected chi connectivity index (χ1v) is 4.94. The monoisotopic (exact) mass is 261 g/mol. The Morgan fingerprint density at radius 2 is 1.93 bits per heavy atom. The highest BCUT2D eigenvalue weighted by atomic mass is 35.6. The molecule has 0 spiro atoms. The maximum Gasteiger partial charge on any atom is 0.304 e. The lowest BCUT2D eigenvalue weighted by Crippen LogP contribution is -2.46. The SMILES string of the molecule is CCC(=O)NC(OC(C)=O)C(Cl)(Cl)Cl. The van der Waals surface area contributed by atoms with Crippen LogP contribution in [-0.2, 0) is 14.3 Å². The molecule has 0 heterocycles. The van der Waals surface area contributed by atoms with Gasteiger partial charge < -0.3 is 10.1 Å². The van der Waals surface area contributed by atoms with E-state index in [4.69, 9.17) is 34.8 Å². The van der Waals surface area contributed by atoms with Crippen molar-refractivity contribution in [2.45, 2.75) is 30.3 Å². The van der Waals surface area contributed by atoms with Gasteiger partial charge in [-0.25, -0.2) is 0 Å². The minimum absolute atomic E-state index is 0.207. The molecule has 4 nitrogen and oxygen atoms in total. The third kappa shape index (κ3) is 5.52. The molecule has 1 N–H and O–H groups in total. The van der Waals surface area contributed by atoms with Gasteiger partial charge in [0.05, 0.1) is 0 Å². The third-order valence-corrected chi connectivity index (χ3v) is 1.79. The van der Waals surface area contributed by atoms with E-state index in [2.05, 4.69) is 10.1 Å². The fraction of sp³-hybridized carbons (Fsp3) is 0.714. The molecule has 0 aromatic carbocycles. The topological polar surface area (TPSA) is 55.4 Å². The minimum atomic E-state index is -1.88. The van der Waals surface area contributed by atoms with Gasteiger partial charge in [0.25, 0.3) is 0 Å². The zero-order chi connectivity index (χ0) is 11.4. The molecule has 0 bridgehead atoms. The van der Waals surface area contributed by atoms with Crippen molar-refractivity contribution in [2.24, 2.45) is 0 Å². The van der Waals surface area contributed by atoms with Crippen LogP contribution < -0.4 is 5.32 Å². The number of ether oxygens (including phenoxy) is 1. The van der Waals surface area contributed by atoms with Gasteiger partial charge >= 0.3 is 5.97 Å². The Bertz CT molecular complexity index is 227. The summed E-state index contributed by atoms with van der Waals surface area (Å²) in [5.41, 5.74) is 0. The lowest BCUT2D eigenvalue weighted by molar-refractivity contribution is -0.149. The second-order valence-corrected chi connectivity index (χ2v) is 4.82. The number of alkyl halides is 3. The van der Waals surface area contributed by atoms with Crippen LogP contribution in [0.3, 0.4) is 0 Å². The summed E-state index contributed by atoms with van der Waals surface area (Å²) in [6.45, 7) is 2.78. The second-order valence-electron chi connectivity index (χ2n) is 2.45. The number of amides is 1. The second kappa shape index (κ2) is 5.63. The molecule has 0 fully saturated rings. The van der Waals surface area contributed by atoms with Crippen molar-refractivity contribution in [1.29, 1.82) is 0 Å². The highest BCUT2D eigenvalue weighted by Crippen LogP contribution is 2.31. The summed E-state index contributed by atoms with van der Waals surface area (Å²) in [4.78, 5) is 21.6. The molecule has 0 aliphatic rings. The highest BCUT2D eigenvalue weighted by Gasteiger charge is 2.36. The van der Waals surface area contributed by atoms with Gasteiger partial charge in [0.2, 0.25) is 15.9 Å². The normalized spacial score (nSPS) is 13.2. The van der Waals surface area contributed by atoms with Crippen LogP contribution in [0.15, 0.2) is 0 Å². The molecule has 1 unspecified atom stereocenters. The maximum absolute atomic E-state index is 11.0. The fourth-order valence-corrected chi connectivity index (χ4v) is 0.890. The lowest BCUT2D eigenvalue weighted by atomic mass is 10.4. The molecular weight excluding hydrogens is 252 g/mol. The summed E-state index contributed by atoms with van der Waals surface area (Å²) in [6, 6.07) is 0. The zero-order valence-electron chi connectivity index (χ0n) is 7.64. The first-order valence-electron chi connectivity index (χ1n) is 3.80. The van der Waals surface area contributed by atoms with Gasteiger partial charge in [0.15, 0.2) is 0 Å². The molecule has 0 rings (SSSR count). The van der Waals surface area contributed by atoms with Crippen molar-refractivity contribution in [3.05, 3.63) is 0 Å². The van der Waals surface area contributed by atoms with E-state index in [0.29, 0.717) is 0 Å². The average molecular weight is 263 g/mol. The third-order valence-electron chi connectivity index (χ3n) is 1.19. The molecule has 0 saturated heterocycles. The van der Waals surface area contributed by atoms with Crippen molar-refractivity contribution < 1.29 is 14.3 Å². The Labute approximate surface area is 96.8 Å². The van der Waals surface area contributed by atoms with Crippen LogP contribution in [0.25, 0.3) is 0 Å². The Morgan fingerprint density at radius 1 is 1.43 bits per heavy atom. The van der Waals surface area contributed by atoms with Gasteiger partial charge in [-0.3, -0.25) is 9.59 Å². The first-order chi connectivity index (χ1) is 6.27. The summed E-state index contributed by atoms with van der Waals surface area (Å²) in [7, 11) is 0. The van der Waals surface area contributed by atoms with Crippen molar-refractivity contribution in [3.8, 4) is 0 Å². The molecule has 14 heavy (non-hydrogen) atoms. The van der Waals surface area contributed by atoms with Crippen molar-refractivity contribution in [1.82, 2.24) is 5.32 Å². The van der Waals surface area contributed by atoms with E-state index in [1.807, 2.05) is 0 Å². The standard InChI is InChI=1S/C7H10Cl3NO3/c1-3-5(13)11-6(7(8,9)10)14-4(2)12/h6H,3H2,1-2H3,(H,11,13). The van der Waals surface area contributed by atoms with Gasteiger partial charge in [-0.15, -0.1) is 0 Å². The number of hydrogen-bond acceptors (Lipinski definition) is 3. The summed E-state index contributed by atoms with van der Waals surface area (Å²) in [5, 5.41) is 2.26. The Hall–Kier alpha value is -0.190. The van der Waals surface area contributed by atoms with Gasteiger partial charge in [-0.1, -0.05) is 41.7 Å². The van der Waals surface area contributed by atoms with E-state index < -0.39 is 16.0 Å². The molecule has 0 aromatic rings. The van der Waals surface area contributed by atoms with Gasteiger partial charge in [0, 0.05) is 13.3 Å². The van der Waals surface area contributed by atoms with Crippen molar-refractivity contribution >= 4 is 46.7 Å². The molecule has 0 aromatic heterocycles. The van der Waals surface area contributed by atoms with Gasteiger partial charge in [-0.05, 0) is 0 Å². The van der Waals surface area contributed by atoms with E-state index >= 15 is 0 Å². The predicted octanol–water partition coefficient (Wildman–Crippen LogP) is 1.77. The molecule has 82 valence electrons. The van der Waals surface area contributed by atoms with Crippen LogP contribution in [0.4, 0.5) is 0 Å². The van der Waals surface area contributed by atoms with Crippen LogP contribution in [-0.4, -0.2) is 21.9 Å². The van der Waals surface area contributed by atoms with E-state index in [1.54, 1.807) is 6.92 Å². The molecule has 1 amide bonds. The zero-order valence-corrected chi connectivity index (χ0v) is 9.91. The molecule has 7 heteroatoms. The number of carbonyl (C=O) groups is 2. The summed E-state index contributed by atoms with van der Waals surface area (Å²) < 4.78 is 2.74. The van der Waals surface area contributed by atoms with E-state index in [9.17, 15) is 9.59 Å². The first kappa shape index (κ1) is 13.8. The maximum atomic E-state index is 11.0. The predicted molar refractivity (Wildman–Crippen MR) is 54.3 cm³/mol. The number of halogens is 3. The lowest BCUT2D eigenvalue weighted by Gasteiger charge is -2.24. The minimum Gasteiger partial charge on any atom is -0.437 e. The largest absolute Gasteiger partial charge is 0.437 e. The summed E-state index contributed by atoms with van der Waals surface area (Å²) in [5.74, 6) is -1.01. The van der Waals surface area contributed by atoms with Gasteiger partial charge in [0.1, 0.15) is 0 Å². The van der Waals surface area contributed by atoms with E-state index in [1.165, 1.54) is 0 Å². The smallest absolute Gasteiger partial charge is 0.304 e. The van der Waals surface area contributed by atoms with E-state index in [-0.39, 0.29) is 12.3 Å². The summed E-state index contributed by atoms with van der Waals surface area (Å²) >= 11 is 16.4. The molecule has 0 radical (unpaired) electrons. The summed E-state index contributed by atoms with van der Waals surface area (Å²) in [6.07, 6.45) is -1.06. The molecular formula is C7H10Cl3NO3. The molecule has 0 saturated carbocycles. The van der Waals surface area contributed by atoms with Crippen LogP contribution in [0.2, 0.25) is 0 Å². The van der Waals surface area contributed by atoms with Crippen LogP contribution in [0, 0.1) is 0 Å². The number of rotatable bonds is 3. The van der Waals surface area contributed by atoms with Crippen LogP contribution in [0.1, 0.15) is 20.3 Å². The Kier molecular flexibility index (Phi) is 5.56. The molecule has 1 atom stereocenters. The van der Waals surface area contributed by atoms with E-state index in [0.717, 1.165) is 6.92 Å². The number of nitrogens with one attached hydrogen (secondary N) is 1. The Balaban J connectivity index is 4.41. The van der Waals surface area contributed by atoms with Crippen molar-refractivity contribution in [2.75, 3.05) is 0 Å². The molecule has 0 aliphatic carbocycles. The number of hydrogen-bond donors (Lipinski definition) is 1. The van der Waals surface area contributed by atoms with Gasteiger partial charge in [-0.2, -0.15) is 0 Å². The number of esters is 1. The van der Waals surface area contributed by atoms with Crippen LogP contribution >= 0.6 is 34.8 Å². The molecule has 0 aliphatic heterocycles.